The van der Waals surface area contributed by atoms with Gasteiger partial charge in [0, 0.05) is 37.5 Å². The van der Waals surface area contributed by atoms with E-state index in [1.54, 1.807) is 0 Å². The Morgan fingerprint density at radius 3 is 0.918 bits per heavy atom. The van der Waals surface area contributed by atoms with Crippen LogP contribution in [0.15, 0.2) is 237 Å². The molecule has 97 heavy (non-hydrogen) atoms. The molecule has 8 aromatic carbocycles. The first-order chi connectivity index (χ1) is 47.5. The zero-order valence-electron chi connectivity index (χ0n) is 53.8. The molecule has 0 aromatic heterocycles. The Morgan fingerprint density at radius 1 is 0.361 bits per heavy atom. The molecule has 10 rings (SSSR count). The van der Waals surface area contributed by atoms with Crippen LogP contribution in [0.5, 0.6) is 23.0 Å². The van der Waals surface area contributed by atoms with E-state index in [0.29, 0.717) is 37.3 Å². The zero-order chi connectivity index (χ0) is 68.7. The lowest BCUT2D eigenvalue weighted by Crippen LogP contribution is -2.28. The van der Waals surface area contributed by atoms with Crippen molar-refractivity contribution in [2.75, 3.05) is 79.2 Å². The number of hydrogen-bond donors (Lipinski definition) is 2. The number of isocyanates is 1. The minimum Gasteiger partial charge on any atom is -0.491 e. The molecule has 0 bridgehead atoms. The van der Waals surface area contributed by atoms with Gasteiger partial charge in [-0.05, 0) is 128 Å². The summed E-state index contributed by atoms with van der Waals surface area (Å²) in [5.74, 6) is 0.441. The molecule has 0 radical (unpaired) electrons. The van der Waals surface area contributed by atoms with Crippen molar-refractivity contribution in [2.45, 2.75) is 42.9 Å². The van der Waals surface area contributed by atoms with Crippen LogP contribution >= 0.6 is 0 Å². The van der Waals surface area contributed by atoms with Gasteiger partial charge < -0.3 is 52.8 Å². The number of fused-ring (bicyclic) bond motifs is 6. The van der Waals surface area contributed by atoms with E-state index in [1.165, 1.54) is 28.3 Å². The maximum Gasteiger partial charge on any atom is 0.330 e. The number of carbonyl (C=O) groups excluding carboxylic acids is 6. The van der Waals surface area contributed by atoms with Crippen molar-refractivity contribution >= 4 is 35.9 Å². The Labute approximate surface area is 564 Å². The number of ether oxygens (including phenoxy) is 9. The highest BCUT2D eigenvalue weighted by Gasteiger charge is 2.47. The summed E-state index contributed by atoms with van der Waals surface area (Å²) in [4.78, 5) is 69.5. The molecule has 2 aliphatic rings. The van der Waals surface area contributed by atoms with E-state index in [1.807, 2.05) is 48.5 Å². The molecule has 0 heterocycles. The summed E-state index contributed by atoms with van der Waals surface area (Å²) in [5, 5.41) is 18.2. The molecule has 0 unspecified atom stereocenters. The molecule has 0 atom stereocenters. The summed E-state index contributed by atoms with van der Waals surface area (Å²) < 4.78 is 47.9. The SMILES string of the molecule is C=CC(=O)OCCCC(=O)OCCOc1ccc(C2(c3ccc(OCCOC(=O)CCCOC(=O)C=C)cc3)c3ccccc3-c3ccccc32)cc1.C=CC(=O)OCCCN=C=O.OCCOc1ccc(C2(c3ccc(OCCO)cc3)c3ccccc3-c3ccccc32)cc1. The predicted molar refractivity (Wildman–Crippen MR) is 365 cm³/mol. The molecule has 0 fully saturated rings. The standard InChI is InChI=1S/C43H42O10.C29H26O4.C7H9NO3/c1-3-39(44)50-25-9-15-41(46)52-29-27-48-33-21-17-31(18-22-33)43(37-13-7-5-11-35(37)36-12-6-8-14-38(36)43)32-19-23-34(24-20-32)49-28-30-53-42(47)16-10-26-51-40(45)4-2;30-17-19-32-23-13-9-21(10-14-23)29(22-11-15-24(16-12-22)33-20-18-31)27-7-3-1-5-25(27)26-6-2-4-8-28(26)29;1-2-7(10)11-5-3-4-8-6-9/h3-8,11-14,17-24H,1-2,9-10,15-16,25-30H2;1-16,30-31H,17-20H2;2H,1,3-5H2. The number of nitrogens with zero attached hydrogens (tertiary/aromatic N) is 1. The monoisotopic (exact) mass is 1310 g/mol. The van der Waals surface area contributed by atoms with Crippen molar-refractivity contribution in [1.29, 1.82) is 0 Å². The van der Waals surface area contributed by atoms with Gasteiger partial charge in [-0.15, -0.1) is 0 Å². The van der Waals surface area contributed by atoms with E-state index in [-0.39, 0.29) is 85.5 Å². The molecule has 2 N–H and O–H groups in total. The van der Waals surface area contributed by atoms with Crippen LogP contribution in [-0.2, 0) is 63.3 Å². The first-order valence-corrected chi connectivity index (χ1v) is 31.7. The van der Waals surface area contributed by atoms with Crippen molar-refractivity contribution < 1.29 is 81.6 Å². The summed E-state index contributed by atoms with van der Waals surface area (Å²) in [6.45, 7) is 11.8. The number of benzene rings is 8. The summed E-state index contributed by atoms with van der Waals surface area (Å²) >= 11 is 0. The summed E-state index contributed by atoms with van der Waals surface area (Å²) in [5.41, 5.74) is 12.8. The van der Waals surface area contributed by atoms with E-state index >= 15 is 0 Å². The summed E-state index contributed by atoms with van der Waals surface area (Å²) in [6, 6.07) is 66.2. The fourth-order valence-electron chi connectivity index (χ4n) is 11.7. The lowest BCUT2D eigenvalue weighted by atomic mass is 9.68. The number of esters is 5. The number of aliphatic hydroxyl groups is 2. The molecule has 2 aliphatic carbocycles. The molecule has 0 aliphatic heterocycles. The summed E-state index contributed by atoms with van der Waals surface area (Å²) in [7, 11) is 0. The van der Waals surface area contributed by atoms with E-state index < -0.39 is 40.7 Å². The maximum absolute atomic E-state index is 12.0. The van der Waals surface area contributed by atoms with E-state index in [9.17, 15) is 28.8 Å². The third-order valence-corrected chi connectivity index (χ3v) is 15.8. The lowest BCUT2D eigenvalue weighted by Gasteiger charge is -2.34. The molecule has 500 valence electrons. The number of aliphatic hydroxyl groups excluding tert-OH is 2. The van der Waals surface area contributed by atoms with Crippen molar-refractivity contribution in [1.82, 2.24) is 0 Å². The average Bonchev–Trinajstić information content (AvgIpc) is 1.58. The number of rotatable bonds is 33. The predicted octanol–water partition coefficient (Wildman–Crippen LogP) is 12.1. The first kappa shape index (κ1) is 71.7. The van der Waals surface area contributed by atoms with Crippen LogP contribution in [0.1, 0.15) is 76.6 Å². The summed E-state index contributed by atoms with van der Waals surface area (Å²) in [6.07, 6.45) is 6.15. The average molecular weight is 1310 g/mol. The fraction of sp³-hybridized carbons (Fsp3) is 0.241. The Kier molecular flexibility index (Phi) is 27.4. The van der Waals surface area contributed by atoms with Crippen molar-refractivity contribution in [2.24, 2.45) is 4.99 Å². The van der Waals surface area contributed by atoms with Gasteiger partial charge in [-0.3, -0.25) is 9.59 Å². The number of aliphatic imine (C=N–C) groups is 1. The Balaban J connectivity index is 0.000000230. The third-order valence-electron chi connectivity index (χ3n) is 15.8. The van der Waals surface area contributed by atoms with Gasteiger partial charge in [-0.2, -0.15) is 0 Å². The normalized spacial score (nSPS) is 12.0. The van der Waals surface area contributed by atoms with Crippen molar-refractivity contribution in [3.8, 4) is 45.3 Å². The molecular weight excluding hydrogens is 1230 g/mol. The number of hydrogen-bond acceptors (Lipinski definition) is 18. The maximum atomic E-state index is 12.0. The first-order valence-electron chi connectivity index (χ1n) is 31.7. The second-order valence-corrected chi connectivity index (χ2v) is 21.7. The Hall–Kier alpha value is -11.2. The van der Waals surface area contributed by atoms with Crippen LogP contribution in [0, 0.1) is 0 Å². The van der Waals surface area contributed by atoms with Gasteiger partial charge in [0.2, 0.25) is 6.08 Å². The van der Waals surface area contributed by atoms with Crippen LogP contribution < -0.4 is 18.9 Å². The fourth-order valence-corrected chi connectivity index (χ4v) is 11.7. The van der Waals surface area contributed by atoms with Crippen molar-refractivity contribution in [3.05, 3.63) is 277 Å². The van der Waals surface area contributed by atoms with Gasteiger partial charge in [-0.25, -0.2) is 24.2 Å². The van der Waals surface area contributed by atoms with Crippen LogP contribution in [0.3, 0.4) is 0 Å². The van der Waals surface area contributed by atoms with Crippen LogP contribution in [-0.4, -0.2) is 125 Å². The van der Waals surface area contributed by atoms with Crippen LogP contribution in [0.2, 0.25) is 0 Å². The molecular formula is C79H77NO17. The van der Waals surface area contributed by atoms with Gasteiger partial charge in [0.25, 0.3) is 0 Å². The minimum absolute atomic E-state index is 0.0167. The van der Waals surface area contributed by atoms with Crippen LogP contribution in [0.25, 0.3) is 22.3 Å². The molecule has 0 saturated heterocycles. The van der Waals surface area contributed by atoms with Gasteiger partial charge in [0.1, 0.15) is 62.6 Å². The van der Waals surface area contributed by atoms with Gasteiger partial charge in [0.15, 0.2) is 0 Å². The van der Waals surface area contributed by atoms with Gasteiger partial charge in [-0.1, -0.05) is 165 Å². The molecule has 8 aromatic rings. The van der Waals surface area contributed by atoms with E-state index in [4.69, 9.17) is 48.1 Å². The molecule has 0 saturated carbocycles. The largest absolute Gasteiger partial charge is 0.491 e. The lowest BCUT2D eigenvalue weighted by molar-refractivity contribution is -0.146. The van der Waals surface area contributed by atoms with E-state index in [2.05, 4.69) is 175 Å². The van der Waals surface area contributed by atoms with E-state index in [0.717, 1.165) is 74.2 Å². The third kappa shape index (κ3) is 18.4. The second kappa shape index (κ2) is 37.1. The highest BCUT2D eigenvalue weighted by atomic mass is 16.6. The van der Waals surface area contributed by atoms with Gasteiger partial charge >= 0.3 is 29.8 Å². The smallest absolute Gasteiger partial charge is 0.330 e. The molecule has 0 amide bonds. The highest BCUT2D eigenvalue weighted by Crippen LogP contribution is 2.58. The molecule has 0 spiro atoms. The Bertz CT molecular complexity index is 3750. The Morgan fingerprint density at radius 2 is 0.639 bits per heavy atom. The zero-order valence-corrected chi connectivity index (χ0v) is 53.8. The highest BCUT2D eigenvalue weighted by molar-refractivity contribution is 5.88. The quantitative estimate of drug-likeness (QED) is 0.00971. The molecule has 18 heteroatoms. The van der Waals surface area contributed by atoms with Gasteiger partial charge in [0.05, 0.1) is 50.4 Å². The van der Waals surface area contributed by atoms with Crippen LogP contribution in [0.4, 0.5) is 0 Å². The minimum atomic E-state index is -0.630. The number of carbonyl (C=O) groups is 5. The second-order valence-electron chi connectivity index (χ2n) is 21.7. The topological polar surface area (TPSA) is 238 Å². The van der Waals surface area contributed by atoms with Crippen molar-refractivity contribution in [3.63, 3.8) is 0 Å². The molecule has 18 nitrogen and oxygen atoms in total.